The number of carbonyl (C=O) groups excluding carboxylic acids is 4. The van der Waals surface area contributed by atoms with E-state index in [0.717, 1.165) is 12.0 Å². The summed E-state index contributed by atoms with van der Waals surface area (Å²) in [6.45, 7) is 3.98. The Balaban J connectivity index is 1.55. The number of nitrogens with zero attached hydrogens (tertiary/aromatic N) is 1. The van der Waals surface area contributed by atoms with E-state index < -0.39 is 17.9 Å². The summed E-state index contributed by atoms with van der Waals surface area (Å²) < 4.78 is 10.3. The maximum atomic E-state index is 12.4. The molecule has 162 valence electrons. The number of rotatable bonds is 8. The second kappa shape index (κ2) is 10.0. The third-order valence-electron chi connectivity index (χ3n) is 5.03. The third kappa shape index (κ3) is 5.57. The second-order valence-electron chi connectivity index (χ2n) is 7.49. The molecule has 0 aliphatic carbocycles. The fourth-order valence-corrected chi connectivity index (χ4v) is 3.25. The van der Waals surface area contributed by atoms with E-state index in [2.05, 4.69) is 0 Å². The van der Waals surface area contributed by atoms with Gasteiger partial charge in [-0.15, -0.1) is 0 Å². The van der Waals surface area contributed by atoms with Crippen molar-refractivity contribution >= 4 is 29.3 Å². The lowest BCUT2D eigenvalue weighted by Gasteiger charge is -2.17. The first-order valence-corrected chi connectivity index (χ1v) is 10.2. The molecule has 0 radical (unpaired) electrons. The number of esters is 2. The smallest absolute Gasteiger partial charge is 0.338 e. The van der Waals surface area contributed by atoms with Gasteiger partial charge in [-0.2, -0.15) is 0 Å². The first-order chi connectivity index (χ1) is 14.9. The third-order valence-corrected chi connectivity index (χ3v) is 5.03. The van der Waals surface area contributed by atoms with Gasteiger partial charge in [-0.05, 0) is 37.6 Å². The lowest BCUT2D eigenvalue weighted by molar-refractivity contribution is -0.147. The van der Waals surface area contributed by atoms with E-state index in [4.69, 9.17) is 9.47 Å². The molecule has 3 rings (SSSR count). The monoisotopic (exact) mass is 423 g/mol. The summed E-state index contributed by atoms with van der Waals surface area (Å²) in [7, 11) is 0. The van der Waals surface area contributed by atoms with Gasteiger partial charge in [0.05, 0.1) is 18.1 Å². The van der Waals surface area contributed by atoms with Crippen LogP contribution < -0.4 is 4.90 Å². The number of ketones is 1. The SMILES string of the molecule is CCCOC(=O)c1ccc(N2C[C@@H](C(=O)OCC(=O)c3ccc(C)cc3)CC2=O)cc1. The number of amides is 1. The summed E-state index contributed by atoms with van der Waals surface area (Å²) in [5, 5.41) is 0. The first kappa shape index (κ1) is 22.2. The summed E-state index contributed by atoms with van der Waals surface area (Å²) in [4.78, 5) is 50.4. The maximum Gasteiger partial charge on any atom is 0.338 e. The van der Waals surface area contributed by atoms with Gasteiger partial charge in [-0.25, -0.2) is 4.79 Å². The van der Waals surface area contributed by atoms with Crippen LogP contribution in [0.3, 0.4) is 0 Å². The highest BCUT2D eigenvalue weighted by Crippen LogP contribution is 2.26. The molecule has 7 nitrogen and oxygen atoms in total. The molecule has 0 N–H and O–H groups in total. The maximum absolute atomic E-state index is 12.4. The van der Waals surface area contributed by atoms with Gasteiger partial charge in [0.15, 0.2) is 12.4 Å². The Morgan fingerprint density at radius 2 is 1.61 bits per heavy atom. The van der Waals surface area contributed by atoms with E-state index in [-0.39, 0.29) is 31.3 Å². The Bertz CT molecular complexity index is 965. The molecule has 1 saturated heterocycles. The van der Waals surface area contributed by atoms with Gasteiger partial charge in [0.25, 0.3) is 0 Å². The topological polar surface area (TPSA) is 90.0 Å². The normalized spacial score (nSPS) is 15.6. The molecule has 0 aromatic heterocycles. The van der Waals surface area contributed by atoms with Crippen molar-refractivity contribution < 1.29 is 28.7 Å². The molecule has 7 heteroatoms. The van der Waals surface area contributed by atoms with Gasteiger partial charge in [-0.3, -0.25) is 14.4 Å². The summed E-state index contributed by atoms with van der Waals surface area (Å²) in [6, 6.07) is 13.5. The van der Waals surface area contributed by atoms with E-state index in [1.807, 2.05) is 26.0 Å². The average Bonchev–Trinajstić information content (AvgIpc) is 3.17. The predicted octanol–water partition coefficient (Wildman–Crippen LogP) is 3.34. The quantitative estimate of drug-likeness (QED) is 0.478. The number of ether oxygens (including phenoxy) is 2. The molecule has 0 bridgehead atoms. The molecule has 2 aromatic rings. The molecule has 1 heterocycles. The fraction of sp³-hybridized carbons (Fsp3) is 0.333. The Morgan fingerprint density at radius 3 is 2.26 bits per heavy atom. The van der Waals surface area contributed by atoms with Crippen LogP contribution in [-0.4, -0.2) is 43.4 Å². The van der Waals surface area contributed by atoms with Crippen LogP contribution in [0.1, 0.15) is 46.0 Å². The fourth-order valence-electron chi connectivity index (χ4n) is 3.25. The van der Waals surface area contributed by atoms with E-state index in [1.54, 1.807) is 36.4 Å². The lowest BCUT2D eigenvalue weighted by Crippen LogP contribution is -2.27. The lowest BCUT2D eigenvalue weighted by atomic mass is 10.1. The average molecular weight is 423 g/mol. The number of aryl methyl sites for hydroxylation is 1. The van der Waals surface area contributed by atoms with Crippen molar-refractivity contribution in [1.82, 2.24) is 0 Å². The number of Topliss-reactive ketones (excluding diaryl/α,β-unsaturated/α-hetero) is 1. The summed E-state index contributed by atoms with van der Waals surface area (Å²) in [5.41, 5.74) is 2.49. The van der Waals surface area contributed by atoms with E-state index in [0.29, 0.717) is 23.4 Å². The Morgan fingerprint density at radius 1 is 0.968 bits per heavy atom. The zero-order valence-electron chi connectivity index (χ0n) is 17.6. The van der Waals surface area contributed by atoms with Gasteiger partial charge >= 0.3 is 11.9 Å². The minimum atomic E-state index is -0.646. The van der Waals surface area contributed by atoms with Crippen molar-refractivity contribution in [2.45, 2.75) is 26.7 Å². The van der Waals surface area contributed by atoms with Crippen molar-refractivity contribution in [3.63, 3.8) is 0 Å². The van der Waals surface area contributed by atoms with Crippen molar-refractivity contribution in [2.24, 2.45) is 5.92 Å². The second-order valence-corrected chi connectivity index (χ2v) is 7.49. The van der Waals surface area contributed by atoms with Crippen LogP contribution in [0.4, 0.5) is 5.69 Å². The van der Waals surface area contributed by atoms with Gasteiger partial charge in [0, 0.05) is 24.2 Å². The number of hydrogen-bond acceptors (Lipinski definition) is 6. The summed E-state index contributed by atoms with van der Waals surface area (Å²) in [5.74, 6) is -2.14. The van der Waals surface area contributed by atoms with Gasteiger partial charge < -0.3 is 14.4 Å². The number of carbonyl (C=O) groups is 4. The van der Waals surface area contributed by atoms with Crippen molar-refractivity contribution in [1.29, 1.82) is 0 Å². The van der Waals surface area contributed by atoms with Crippen LogP contribution in [0.25, 0.3) is 0 Å². The summed E-state index contributed by atoms with van der Waals surface area (Å²) >= 11 is 0. The minimum Gasteiger partial charge on any atom is -0.462 e. The highest BCUT2D eigenvalue weighted by Gasteiger charge is 2.36. The zero-order chi connectivity index (χ0) is 22.4. The highest BCUT2D eigenvalue weighted by atomic mass is 16.5. The molecule has 1 amide bonds. The highest BCUT2D eigenvalue weighted by molar-refractivity contribution is 6.01. The molecule has 2 aromatic carbocycles. The van der Waals surface area contributed by atoms with Crippen LogP contribution in [-0.2, 0) is 19.1 Å². The molecular formula is C24H25NO6. The van der Waals surface area contributed by atoms with E-state index in [9.17, 15) is 19.2 Å². The van der Waals surface area contributed by atoms with E-state index in [1.165, 1.54) is 4.90 Å². The molecule has 0 unspecified atom stereocenters. The Hall–Kier alpha value is -3.48. The van der Waals surface area contributed by atoms with Crippen LogP contribution in [0.5, 0.6) is 0 Å². The molecule has 0 saturated carbocycles. The van der Waals surface area contributed by atoms with Crippen LogP contribution in [0, 0.1) is 12.8 Å². The van der Waals surface area contributed by atoms with Crippen molar-refractivity contribution in [2.75, 3.05) is 24.7 Å². The molecule has 31 heavy (non-hydrogen) atoms. The first-order valence-electron chi connectivity index (χ1n) is 10.2. The predicted molar refractivity (Wildman–Crippen MR) is 114 cm³/mol. The minimum absolute atomic E-state index is 0.0118. The Kier molecular flexibility index (Phi) is 7.18. The molecule has 1 aliphatic heterocycles. The van der Waals surface area contributed by atoms with Crippen molar-refractivity contribution in [3.8, 4) is 0 Å². The molecule has 1 aliphatic rings. The van der Waals surface area contributed by atoms with Crippen LogP contribution in [0.15, 0.2) is 48.5 Å². The molecule has 1 atom stereocenters. The summed E-state index contributed by atoms with van der Waals surface area (Å²) in [6.07, 6.45) is 0.748. The zero-order valence-corrected chi connectivity index (χ0v) is 17.6. The van der Waals surface area contributed by atoms with Crippen LogP contribution in [0.2, 0.25) is 0 Å². The van der Waals surface area contributed by atoms with Gasteiger partial charge in [-0.1, -0.05) is 36.8 Å². The largest absolute Gasteiger partial charge is 0.462 e. The molecule has 1 fully saturated rings. The van der Waals surface area contributed by atoms with E-state index >= 15 is 0 Å². The number of benzene rings is 2. The van der Waals surface area contributed by atoms with Crippen LogP contribution >= 0.6 is 0 Å². The van der Waals surface area contributed by atoms with Gasteiger partial charge in [0.2, 0.25) is 5.91 Å². The molecular weight excluding hydrogens is 398 g/mol. The Labute approximate surface area is 180 Å². The number of hydrogen-bond donors (Lipinski definition) is 0. The number of anilines is 1. The van der Waals surface area contributed by atoms with Gasteiger partial charge in [0.1, 0.15) is 0 Å². The molecule has 0 spiro atoms. The van der Waals surface area contributed by atoms with Crippen molar-refractivity contribution in [3.05, 3.63) is 65.2 Å². The standard InChI is InChI=1S/C24H25NO6/c1-3-12-30-23(28)18-8-10-20(11-9-18)25-14-19(13-22(25)27)24(29)31-15-21(26)17-6-4-16(2)5-7-17/h4-11,19H,3,12-15H2,1-2H3/t19-/m0/s1.